The molecule has 4 nitrogen and oxygen atoms in total. The first-order valence-electron chi connectivity index (χ1n) is 9.45. The van der Waals surface area contributed by atoms with Gasteiger partial charge in [0.25, 0.3) is 5.56 Å². The molecule has 0 unspecified atom stereocenters. The lowest BCUT2D eigenvalue weighted by atomic mass is 10.0. The van der Waals surface area contributed by atoms with Gasteiger partial charge in [0, 0.05) is 17.3 Å². The van der Waals surface area contributed by atoms with Crippen molar-refractivity contribution in [1.29, 1.82) is 0 Å². The Bertz CT molecular complexity index is 1040. The molecule has 0 saturated heterocycles. The van der Waals surface area contributed by atoms with Gasteiger partial charge in [0.1, 0.15) is 11.6 Å². The largest absolute Gasteiger partial charge is 0.507 e. The third-order valence-corrected chi connectivity index (χ3v) is 5.46. The van der Waals surface area contributed by atoms with E-state index in [2.05, 4.69) is 12.1 Å². The fourth-order valence-electron chi connectivity index (χ4n) is 4.23. The molecular weight excluding hydrogens is 336 g/mol. The summed E-state index contributed by atoms with van der Waals surface area (Å²) in [5.74, 6) is 0.793. The summed E-state index contributed by atoms with van der Waals surface area (Å²) in [6.07, 6.45) is 1.61. The van der Waals surface area contributed by atoms with Gasteiger partial charge in [-0.2, -0.15) is 0 Å². The van der Waals surface area contributed by atoms with Crippen LogP contribution in [0.4, 0.5) is 0 Å². The molecule has 0 saturated carbocycles. The number of fused-ring (bicyclic) bond motifs is 1. The molecule has 0 bridgehead atoms. The zero-order valence-electron chi connectivity index (χ0n) is 15.9. The lowest BCUT2D eigenvalue weighted by molar-refractivity contribution is 0.471. The van der Waals surface area contributed by atoms with Crippen LogP contribution >= 0.6 is 0 Å². The van der Waals surface area contributed by atoms with Crippen molar-refractivity contribution in [3.8, 4) is 17.1 Å². The molecule has 1 aliphatic carbocycles. The quantitative estimate of drug-likeness (QED) is 0.754. The Hall–Kier alpha value is -2.88. The van der Waals surface area contributed by atoms with Gasteiger partial charge >= 0.3 is 0 Å². The van der Waals surface area contributed by atoms with Crippen LogP contribution in [0.2, 0.25) is 0 Å². The van der Waals surface area contributed by atoms with Crippen LogP contribution in [-0.2, 0) is 12.8 Å². The van der Waals surface area contributed by atoms with E-state index in [9.17, 15) is 9.90 Å². The van der Waals surface area contributed by atoms with Crippen molar-refractivity contribution in [1.82, 2.24) is 9.55 Å². The Kier molecular flexibility index (Phi) is 4.34. The van der Waals surface area contributed by atoms with Crippen molar-refractivity contribution in [2.45, 2.75) is 45.6 Å². The number of para-hydroxylation sites is 1. The van der Waals surface area contributed by atoms with Crippen molar-refractivity contribution in [2.75, 3.05) is 0 Å². The van der Waals surface area contributed by atoms with Gasteiger partial charge in [-0.15, -0.1) is 0 Å². The summed E-state index contributed by atoms with van der Waals surface area (Å²) < 4.78 is 1.82. The van der Waals surface area contributed by atoms with E-state index < -0.39 is 0 Å². The summed E-state index contributed by atoms with van der Waals surface area (Å²) in [5.41, 5.74) is 4.66. The van der Waals surface area contributed by atoms with Gasteiger partial charge in [-0.25, -0.2) is 4.98 Å². The second-order valence-corrected chi connectivity index (χ2v) is 7.61. The highest BCUT2D eigenvalue weighted by atomic mass is 16.3. The van der Waals surface area contributed by atoms with Crippen LogP contribution in [0.3, 0.4) is 0 Å². The van der Waals surface area contributed by atoms with Crippen molar-refractivity contribution in [2.24, 2.45) is 0 Å². The summed E-state index contributed by atoms with van der Waals surface area (Å²) in [7, 11) is 0. The molecule has 27 heavy (non-hydrogen) atoms. The summed E-state index contributed by atoms with van der Waals surface area (Å²) in [5, 5.41) is 10.4. The van der Waals surface area contributed by atoms with Crippen molar-refractivity contribution >= 4 is 0 Å². The molecule has 0 atom stereocenters. The molecule has 0 amide bonds. The van der Waals surface area contributed by atoms with Crippen LogP contribution in [0, 0.1) is 6.92 Å². The first-order chi connectivity index (χ1) is 13.0. The minimum absolute atomic E-state index is 0.00793. The molecule has 1 aromatic heterocycles. The van der Waals surface area contributed by atoms with E-state index >= 15 is 0 Å². The Morgan fingerprint density at radius 2 is 1.63 bits per heavy atom. The minimum atomic E-state index is 0.00793. The minimum Gasteiger partial charge on any atom is -0.507 e. The van der Waals surface area contributed by atoms with Gasteiger partial charge in [-0.3, -0.25) is 9.36 Å². The standard InChI is InChI=1S/C23H24N2O2/c1-14(2)21-15(3)24-22(19-10-6-7-11-20(19)26)25(23(21)27)18-12-16-8-4-5-9-17(16)13-18/h4-11,14,18,26H,12-13H2,1-3H3. The normalized spacial score (nSPS) is 13.9. The Morgan fingerprint density at radius 1 is 1.04 bits per heavy atom. The maximum atomic E-state index is 13.5. The number of phenolic OH excluding ortho intramolecular Hbond substituents is 1. The lowest BCUT2D eigenvalue weighted by Gasteiger charge is -2.22. The van der Waals surface area contributed by atoms with Crippen LogP contribution in [0.5, 0.6) is 5.75 Å². The molecule has 0 spiro atoms. The Morgan fingerprint density at radius 3 is 2.22 bits per heavy atom. The number of aromatic nitrogens is 2. The van der Waals surface area contributed by atoms with Crippen molar-refractivity contribution in [3.05, 3.63) is 81.3 Å². The van der Waals surface area contributed by atoms with Crippen LogP contribution < -0.4 is 5.56 Å². The van der Waals surface area contributed by atoms with Gasteiger partial charge in [-0.05, 0) is 48.9 Å². The topological polar surface area (TPSA) is 55.1 Å². The van der Waals surface area contributed by atoms with Gasteiger partial charge in [0.2, 0.25) is 0 Å². The van der Waals surface area contributed by atoms with Gasteiger partial charge in [0.15, 0.2) is 0 Å². The second-order valence-electron chi connectivity index (χ2n) is 7.61. The van der Waals surface area contributed by atoms with Crippen LogP contribution in [-0.4, -0.2) is 14.7 Å². The first-order valence-corrected chi connectivity index (χ1v) is 9.45. The number of aromatic hydroxyl groups is 1. The summed E-state index contributed by atoms with van der Waals surface area (Å²) >= 11 is 0. The average molecular weight is 360 g/mol. The van der Waals surface area contributed by atoms with E-state index in [-0.39, 0.29) is 23.3 Å². The first kappa shape index (κ1) is 17.5. The third kappa shape index (κ3) is 2.95. The molecule has 0 aliphatic heterocycles. The number of nitrogens with zero attached hydrogens (tertiary/aromatic N) is 2. The Labute approximate surface area is 159 Å². The van der Waals surface area contributed by atoms with E-state index in [1.165, 1.54) is 11.1 Å². The molecule has 1 heterocycles. The predicted octanol–water partition coefficient (Wildman–Crippen LogP) is 4.39. The second kappa shape index (κ2) is 6.69. The maximum absolute atomic E-state index is 13.5. The highest BCUT2D eigenvalue weighted by molar-refractivity contribution is 5.64. The molecular formula is C23H24N2O2. The van der Waals surface area contributed by atoms with Crippen LogP contribution in [0.25, 0.3) is 11.4 Å². The maximum Gasteiger partial charge on any atom is 0.257 e. The van der Waals surface area contributed by atoms with E-state index in [0.717, 1.165) is 24.1 Å². The molecule has 3 aromatic rings. The van der Waals surface area contributed by atoms with E-state index in [1.54, 1.807) is 12.1 Å². The molecule has 138 valence electrons. The molecule has 0 radical (unpaired) electrons. The smallest absolute Gasteiger partial charge is 0.257 e. The number of benzene rings is 2. The number of phenols is 1. The predicted molar refractivity (Wildman–Crippen MR) is 107 cm³/mol. The van der Waals surface area contributed by atoms with Gasteiger partial charge in [0.05, 0.1) is 5.56 Å². The fourth-order valence-corrected chi connectivity index (χ4v) is 4.23. The van der Waals surface area contributed by atoms with E-state index in [1.807, 2.05) is 49.6 Å². The van der Waals surface area contributed by atoms with Crippen LogP contribution in [0.1, 0.15) is 48.2 Å². The average Bonchev–Trinajstić information content (AvgIpc) is 3.04. The summed E-state index contributed by atoms with van der Waals surface area (Å²) in [4.78, 5) is 18.3. The third-order valence-electron chi connectivity index (χ3n) is 5.46. The fraction of sp³-hybridized carbons (Fsp3) is 0.304. The molecule has 4 rings (SSSR count). The lowest BCUT2D eigenvalue weighted by Crippen LogP contribution is -2.32. The number of rotatable bonds is 3. The summed E-state index contributed by atoms with van der Waals surface area (Å²) in [6.45, 7) is 5.94. The highest BCUT2D eigenvalue weighted by Gasteiger charge is 2.28. The zero-order valence-corrected chi connectivity index (χ0v) is 15.9. The highest BCUT2D eigenvalue weighted by Crippen LogP contribution is 2.35. The monoisotopic (exact) mass is 360 g/mol. The molecule has 4 heteroatoms. The number of hydrogen-bond donors (Lipinski definition) is 1. The van der Waals surface area contributed by atoms with Gasteiger partial charge < -0.3 is 5.11 Å². The van der Waals surface area contributed by atoms with Crippen LogP contribution in [0.15, 0.2) is 53.3 Å². The number of aryl methyl sites for hydroxylation is 1. The molecule has 2 aromatic carbocycles. The van der Waals surface area contributed by atoms with E-state index in [0.29, 0.717) is 11.4 Å². The zero-order chi connectivity index (χ0) is 19.1. The summed E-state index contributed by atoms with van der Waals surface area (Å²) in [6, 6.07) is 15.5. The molecule has 1 aliphatic rings. The SMILES string of the molecule is Cc1nc(-c2ccccc2O)n(C2Cc3ccccc3C2)c(=O)c1C(C)C. The molecule has 0 fully saturated rings. The Balaban J connectivity index is 1.95. The van der Waals surface area contributed by atoms with Crippen molar-refractivity contribution < 1.29 is 5.11 Å². The van der Waals surface area contributed by atoms with Crippen molar-refractivity contribution in [3.63, 3.8) is 0 Å². The van der Waals surface area contributed by atoms with E-state index in [4.69, 9.17) is 4.98 Å². The molecule has 1 N–H and O–H groups in total. The number of hydrogen-bond acceptors (Lipinski definition) is 3. The van der Waals surface area contributed by atoms with Gasteiger partial charge in [-0.1, -0.05) is 50.2 Å².